The van der Waals surface area contributed by atoms with E-state index in [0.717, 1.165) is 29.5 Å². The van der Waals surface area contributed by atoms with Crippen LogP contribution in [0.5, 0.6) is 0 Å². The zero-order chi connectivity index (χ0) is 17.8. The third kappa shape index (κ3) is 4.31. The molecular formula is C20H19BrClNO2. The van der Waals surface area contributed by atoms with Crippen molar-refractivity contribution in [3.05, 3.63) is 63.1 Å². The first-order valence-electron chi connectivity index (χ1n) is 8.43. The van der Waals surface area contributed by atoms with Gasteiger partial charge in [-0.15, -0.1) is 0 Å². The second-order valence-electron chi connectivity index (χ2n) is 6.17. The zero-order valence-corrected chi connectivity index (χ0v) is 16.1. The minimum Gasteiger partial charge on any atom is -0.312 e. The van der Waals surface area contributed by atoms with Gasteiger partial charge in [0.2, 0.25) is 5.91 Å². The van der Waals surface area contributed by atoms with E-state index in [9.17, 15) is 9.59 Å². The van der Waals surface area contributed by atoms with Gasteiger partial charge in [0.25, 0.3) is 0 Å². The van der Waals surface area contributed by atoms with Gasteiger partial charge >= 0.3 is 0 Å². The van der Waals surface area contributed by atoms with Gasteiger partial charge in [-0.05, 0) is 61.2 Å². The molecular weight excluding hydrogens is 402 g/mol. The number of benzene rings is 2. The Balaban J connectivity index is 1.58. The van der Waals surface area contributed by atoms with E-state index in [1.54, 1.807) is 24.3 Å². The van der Waals surface area contributed by atoms with Crippen molar-refractivity contribution in [2.24, 2.45) is 0 Å². The summed E-state index contributed by atoms with van der Waals surface area (Å²) in [6.07, 6.45) is 3.25. The van der Waals surface area contributed by atoms with E-state index in [0.29, 0.717) is 29.8 Å². The third-order valence-electron chi connectivity index (χ3n) is 4.46. The lowest BCUT2D eigenvalue weighted by atomic mass is 10.0. The number of amides is 1. The smallest absolute Gasteiger partial charge is 0.226 e. The number of carbonyl (C=O) groups excluding carboxylic acids is 2. The SMILES string of the molecule is O=C(CCCC(=O)N1CCCc2c(Br)cccc21)c1ccc(Cl)cc1. The highest BCUT2D eigenvalue weighted by Gasteiger charge is 2.23. The Bertz CT molecular complexity index is 789. The van der Waals surface area contributed by atoms with Gasteiger partial charge in [-0.3, -0.25) is 9.59 Å². The fourth-order valence-electron chi connectivity index (χ4n) is 3.16. The largest absolute Gasteiger partial charge is 0.312 e. The molecule has 2 aromatic rings. The fourth-order valence-corrected chi connectivity index (χ4v) is 3.84. The molecule has 0 aliphatic carbocycles. The van der Waals surface area contributed by atoms with E-state index < -0.39 is 0 Å². The van der Waals surface area contributed by atoms with E-state index in [1.165, 1.54) is 5.56 Å². The summed E-state index contributed by atoms with van der Waals surface area (Å²) >= 11 is 9.41. The Morgan fingerprint density at radius 1 is 1.08 bits per heavy atom. The van der Waals surface area contributed by atoms with E-state index >= 15 is 0 Å². The highest BCUT2D eigenvalue weighted by Crippen LogP contribution is 2.33. The molecule has 0 saturated heterocycles. The molecule has 0 N–H and O–H groups in total. The lowest BCUT2D eigenvalue weighted by Crippen LogP contribution is -2.35. The van der Waals surface area contributed by atoms with Crippen LogP contribution in [-0.2, 0) is 11.2 Å². The van der Waals surface area contributed by atoms with Gasteiger partial charge in [0.15, 0.2) is 5.78 Å². The normalized spacial score (nSPS) is 13.4. The van der Waals surface area contributed by atoms with Crippen molar-refractivity contribution in [3.8, 4) is 0 Å². The van der Waals surface area contributed by atoms with E-state index in [-0.39, 0.29) is 11.7 Å². The minimum absolute atomic E-state index is 0.0475. The topological polar surface area (TPSA) is 37.4 Å². The molecule has 0 fully saturated rings. The fraction of sp³-hybridized carbons (Fsp3) is 0.300. The molecule has 0 bridgehead atoms. The molecule has 130 valence electrons. The van der Waals surface area contributed by atoms with Crippen molar-refractivity contribution in [2.45, 2.75) is 32.1 Å². The highest BCUT2D eigenvalue weighted by molar-refractivity contribution is 9.10. The van der Waals surface area contributed by atoms with Gasteiger partial charge < -0.3 is 4.90 Å². The first kappa shape index (κ1) is 18.2. The molecule has 2 aromatic carbocycles. The van der Waals surface area contributed by atoms with Crippen LogP contribution in [0, 0.1) is 0 Å². The summed E-state index contributed by atoms with van der Waals surface area (Å²) in [5.41, 5.74) is 2.83. The average Bonchev–Trinajstić information content (AvgIpc) is 2.62. The zero-order valence-electron chi connectivity index (χ0n) is 13.8. The maximum atomic E-state index is 12.6. The second-order valence-corrected chi connectivity index (χ2v) is 7.46. The molecule has 3 rings (SSSR count). The summed E-state index contributed by atoms with van der Waals surface area (Å²) in [6, 6.07) is 12.8. The van der Waals surface area contributed by atoms with Crippen LogP contribution in [0.4, 0.5) is 5.69 Å². The lowest BCUT2D eigenvalue weighted by molar-refractivity contribution is -0.118. The number of hydrogen-bond acceptors (Lipinski definition) is 2. The summed E-state index contributed by atoms with van der Waals surface area (Å²) in [5, 5.41) is 0.613. The van der Waals surface area contributed by atoms with Gasteiger partial charge in [-0.25, -0.2) is 0 Å². The molecule has 0 unspecified atom stereocenters. The molecule has 5 heteroatoms. The van der Waals surface area contributed by atoms with Gasteiger partial charge in [-0.1, -0.05) is 33.6 Å². The molecule has 1 amide bonds. The molecule has 1 aliphatic heterocycles. The molecule has 1 heterocycles. The number of anilines is 1. The Labute approximate surface area is 161 Å². The molecule has 0 atom stereocenters. The average molecular weight is 421 g/mol. The first-order valence-corrected chi connectivity index (χ1v) is 9.60. The Hall–Kier alpha value is -1.65. The summed E-state index contributed by atoms with van der Waals surface area (Å²) in [6.45, 7) is 0.743. The van der Waals surface area contributed by atoms with Crippen LogP contribution in [0.25, 0.3) is 0 Å². The third-order valence-corrected chi connectivity index (χ3v) is 5.45. The van der Waals surface area contributed by atoms with Crippen molar-refractivity contribution in [3.63, 3.8) is 0 Å². The minimum atomic E-state index is 0.0475. The van der Waals surface area contributed by atoms with E-state index in [2.05, 4.69) is 15.9 Å². The number of nitrogens with zero attached hydrogens (tertiary/aromatic N) is 1. The van der Waals surface area contributed by atoms with Crippen LogP contribution >= 0.6 is 27.5 Å². The molecule has 0 spiro atoms. The maximum absolute atomic E-state index is 12.6. The highest BCUT2D eigenvalue weighted by atomic mass is 79.9. The van der Waals surface area contributed by atoms with Crippen LogP contribution in [-0.4, -0.2) is 18.2 Å². The molecule has 0 radical (unpaired) electrons. The maximum Gasteiger partial charge on any atom is 0.226 e. The van der Waals surface area contributed by atoms with Crippen molar-refractivity contribution in [1.29, 1.82) is 0 Å². The molecule has 25 heavy (non-hydrogen) atoms. The van der Waals surface area contributed by atoms with Crippen LogP contribution in [0.3, 0.4) is 0 Å². The summed E-state index contributed by atoms with van der Waals surface area (Å²) in [5.74, 6) is 0.134. The summed E-state index contributed by atoms with van der Waals surface area (Å²) < 4.78 is 1.06. The van der Waals surface area contributed by atoms with Gasteiger partial charge in [0.05, 0.1) is 0 Å². The number of Topliss-reactive ketones (excluding diaryl/α,β-unsaturated/α-hetero) is 1. The van der Waals surface area contributed by atoms with Crippen LogP contribution < -0.4 is 4.90 Å². The van der Waals surface area contributed by atoms with Crippen LogP contribution in [0.2, 0.25) is 5.02 Å². The monoisotopic (exact) mass is 419 g/mol. The Kier molecular flexibility index (Phi) is 5.92. The first-order chi connectivity index (χ1) is 12.1. The van der Waals surface area contributed by atoms with Crippen molar-refractivity contribution in [2.75, 3.05) is 11.4 Å². The Morgan fingerprint density at radius 2 is 1.84 bits per heavy atom. The Morgan fingerprint density at radius 3 is 2.60 bits per heavy atom. The van der Waals surface area contributed by atoms with Crippen molar-refractivity contribution >= 4 is 44.9 Å². The molecule has 1 aliphatic rings. The second kappa shape index (κ2) is 8.15. The number of halogens is 2. The standard InChI is InChI=1S/C20H19BrClNO2/c21-17-5-1-6-18-16(17)4-3-13-23(18)20(25)8-2-7-19(24)14-9-11-15(22)12-10-14/h1,5-6,9-12H,2-4,7-8,13H2. The predicted molar refractivity (Wildman–Crippen MR) is 104 cm³/mol. The summed E-state index contributed by atoms with van der Waals surface area (Å²) in [4.78, 5) is 26.7. The van der Waals surface area contributed by atoms with E-state index in [1.807, 2.05) is 23.1 Å². The quantitative estimate of drug-likeness (QED) is 0.604. The number of rotatable bonds is 5. The number of hydrogen-bond donors (Lipinski definition) is 0. The number of fused-ring (bicyclic) bond motifs is 1. The molecule has 0 saturated carbocycles. The van der Waals surface area contributed by atoms with Gasteiger partial charge in [0, 0.05) is 40.1 Å². The number of ketones is 1. The molecule has 0 aromatic heterocycles. The summed E-state index contributed by atoms with van der Waals surface area (Å²) in [7, 11) is 0. The number of carbonyl (C=O) groups is 2. The lowest BCUT2D eigenvalue weighted by Gasteiger charge is -2.30. The predicted octanol–water partition coefficient (Wildman–Crippen LogP) is 5.43. The van der Waals surface area contributed by atoms with Crippen LogP contribution in [0.1, 0.15) is 41.6 Å². The van der Waals surface area contributed by atoms with Crippen LogP contribution in [0.15, 0.2) is 46.9 Å². The van der Waals surface area contributed by atoms with Crippen molar-refractivity contribution in [1.82, 2.24) is 0 Å². The van der Waals surface area contributed by atoms with Gasteiger partial charge in [-0.2, -0.15) is 0 Å². The molecule has 3 nitrogen and oxygen atoms in total. The van der Waals surface area contributed by atoms with E-state index in [4.69, 9.17) is 11.6 Å². The van der Waals surface area contributed by atoms with Gasteiger partial charge in [0.1, 0.15) is 0 Å². The van der Waals surface area contributed by atoms with Crippen molar-refractivity contribution < 1.29 is 9.59 Å².